The van der Waals surface area contributed by atoms with Gasteiger partial charge in [-0.15, -0.1) is 5.10 Å². The summed E-state index contributed by atoms with van der Waals surface area (Å²) >= 11 is 0. The van der Waals surface area contributed by atoms with Crippen molar-refractivity contribution in [3.8, 4) is 17.1 Å². The van der Waals surface area contributed by atoms with Crippen LogP contribution >= 0.6 is 0 Å². The van der Waals surface area contributed by atoms with Crippen molar-refractivity contribution >= 4 is 5.97 Å². The summed E-state index contributed by atoms with van der Waals surface area (Å²) in [6, 6.07) is 15.3. The number of unbranched alkanes of at least 4 members (excludes halogenated alkanes) is 1. The predicted molar refractivity (Wildman–Crippen MR) is 103 cm³/mol. The molecular weight excluding hydrogens is 342 g/mol. The molecule has 0 aliphatic rings. The first-order valence-electron chi connectivity index (χ1n) is 9.01. The number of aromatic carboxylic acids is 1. The normalized spacial score (nSPS) is 10.7. The number of methoxy groups -OCH3 is 1. The predicted octanol–water partition coefficient (Wildman–Crippen LogP) is 4.04. The standard InChI is InChI=1S/C21H23N3O3/c1-3-4-13-24-19(22-21(23-24)27-2)14-15-9-11-16(12-10-15)17-7-5-6-8-18(17)20(25)26/h5-12H,3-4,13-14H2,1-2H3,(H,25,26). The first kappa shape index (κ1) is 18.6. The molecular formula is C21H23N3O3. The van der Waals surface area contributed by atoms with Crippen LogP contribution in [0, 0.1) is 0 Å². The van der Waals surface area contributed by atoms with Gasteiger partial charge < -0.3 is 9.84 Å². The largest absolute Gasteiger partial charge is 0.478 e. The van der Waals surface area contributed by atoms with Crippen LogP contribution in [0.25, 0.3) is 11.1 Å². The number of ether oxygens (including phenoxy) is 1. The Kier molecular flexibility index (Phi) is 5.86. The Morgan fingerprint density at radius 1 is 1.15 bits per heavy atom. The lowest BCUT2D eigenvalue weighted by Crippen LogP contribution is -2.06. The topological polar surface area (TPSA) is 77.2 Å². The molecule has 2 aromatic carbocycles. The van der Waals surface area contributed by atoms with Crippen LogP contribution in [0.15, 0.2) is 48.5 Å². The highest BCUT2D eigenvalue weighted by Crippen LogP contribution is 2.25. The molecule has 0 amide bonds. The summed E-state index contributed by atoms with van der Waals surface area (Å²) in [5, 5.41) is 13.8. The van der Waals surface area contributed by atoms with Crippen molar-refractivity contribution < 1.29 is 14.6 Å². The highest BCUT2D eigenvalue weighted by molar-refractivity contribution is 5.95. The van der Waals surface area contributed by atoms with Crippen molar-refractivity contribution in [3.05, 3.63) is 65.5 Å². The average Bonchev–Trinajstić information content (AvgIpc) is 3.08. The molecule has 0 saturated carbocycles. The third-order valence-corrected chi connectivity index (χ3v) is 4.42. The molecule has 1 aromatic heterocycles. The van der Waals surface area contributed by atoms with E-state index in [1.165, 1.54) is 0 Å². The fraction of sp³-hybridized carbons (Fsp3) is 0.286. The Morgan fingerprint density at radius 2 is 1.89 bits per heavy atom. The van der Waals surface area contributed by atoms with Gasteiger partial charge in [-0.25, -0.2) is 9.48 Å². The summed E-state index contributed by atoms with van der Waals surface area (Å²) in [7, 11) is 1.57. The van der Waals surface area contributed by atoms with Crippen LogP contribution in [-0.2, 0) is 13.0 Å². The molecule has 0 atom stereocenters. The zero-order chi connectivity index (χ0) is 19.2. The average molecular weight is 365 g/mol. The molecule has 3 aromatic rings. The van der Waals surface area contributed by atoms with E-state index in [-0.39, 0.29) is 0 Å². The molecule has 6 heteroatoms. The Morgan fingerprint density at radius 3 is 2.56 bits per heavy atom. The van der Waals surface area contributed by atoms with Crippen molar-refractivity contribution in [1.29, 1.82) is 0 Å². The van der Waals surface area contributed by atoms with E-state index in [0.717, 1.165) is 36.3 Å². The van der Waals surface area contributed by atoms with E-state index >= 15 is 0 Å². The lowest BCUT2D eigenvalue weighted by atomic mass is 9.98. The molecule has 6 nitrogen and oxygen atoms in total. The van der Waals surface area contributed by atoms with Crippen LogP contribution in [0.1, 0.15) is 41.5 Å². The summed E-state index contributed by atoms with van der Waals surface area (Å²) < 4.78 is 7.07. The summed E-state index contributed by atoms with van der Waals surface area (Å²) in [5.74, 6) is -0.0650. The Hall–Kier alpha value is -3.15. The van der Waals surface area contributed by atoms with E-state index in [1.807, 2.05) is 41.1 Å². The van der Waals surface area contributed by atoms with Gasteiger partial charge in [-0.2, -0.15) is 4.98 Å². The summed E-state index contributed by atoms with van der Waals surface area (Å²) in [6.45, 7) is 2.95. The van der Waals surface area contributed by atoms with Crippen molar-refractivity contribution in [2.24, 2.45) is 0 Å². The number of rotatable bonds is 8. The van der Waals surface area contributed by atoms with Crippen molar-refractivity contribution in [1.82, 2.24) is 14.8 Å². The van der Waals surface area contributed by atoms with Crippen LogP contribution in [0.3, 0.4) is 0 Å². The monoisotopic (exact) mass is 365 g/mol. The number of carboxylic acid groups (broad SMARTS) is 1. The van der Waals surface area contributed by atoms with Gasteiger partial charge in [0, 0.05) is 13.0 Å². The summed E-state index contributed by atoms with van der Waals surface area (Å²) in [5.41, 5.74) is 2.97. The number of hydrogen-bond acceptors (Lipinski definition) is 4. The van der Waals surface area contributed by atoms with Crippen molar-refractivity contribution in [2.45, 2.75) is 32.7 Å². The quantitative estimate of drug-likeness (QED) is 0.652. The summed E-state index contributed by atoms with van der Waals surface area (Å²) in [6.07, 6.45) is 2.75. The van der Waals surface area contributed by atoms with Gasteiger partial charge in [0.1, 0.15) is 5.82 Å². The minimum Gasteiger partial charge on any atom is -0.478 e. The minimum absolute atomic E-state index is 0.300. The molecule has 0 bridgehead atoms. The molecule has 1 heterocycles. The molecule has 140 valence electrons. The van der Waals surface area contributed by atoms with Gasteiger partial charge >= 0.3 is 12.0 Å². The lowest BCUT2D eigenvalue weighted by molar-refractivity contribution is 0.0697. The van der Waals surface area contributed by atoms with E-state index in [1.54, 1.807) is 19.2 Å². The third kappa shape index (κ3) is 4.34. The number of nitrogens with zero attached hydrogens (tertiary/aromatic N) is 3. The number of carbonyl (C=O) groups is 1. The Bertz CT molecular complexity index is 917. The molecule has 0 spiro atoms. The molecule has 3 rings (SSSR count). The number of hydrogen-bond donors (Lipinski definition) is 1. The van der Waals surface area contributed by atoms with Crippen molar-refractivity contribution in [3.63, 3.8) is 0 Å². The summed E-state index contributed by atoms with van der Waals surface area (Å²) in [4.78, 5) is 15.9. The van der Waals surface area contributed by atoms with Gasteiger partial charge in [-0.3, -0.25) is 0 Å². The molecule has 0 saturated heterocycles. The van der Waals surface area contributed by atoms with Crippen LogP contribution in [0.5, 0.6) is 6.01 Å². The van der Waals surface area contributed by atoms with E-state index in [0.29, 0.717) is 23.6 Å². The first-order chi connectivity index (χ1) is 13.1. The Balaban J connectivity index is 1.83. The van der Waals surface area contributed by atoms with E-state index in [2.05, 4.69) is 17.0 Å². The molecule has 0 radical (unpaired) electrons. The van der Waals surface area contributed by atoms with Gasteiger partial charge in [-0.05, 0) is 29.2 Å². The van der Waals surface area contributed by atoms with Gasteiger partial charge in [0.15, 0.2) is 0 Å². The number of carboxylic acids is 1. The molecule has 1 N–H and O–H groups in total. The number of aryl methyl sites for hydroxylation is 1. The van der Waals surface area contributed by atoms with Gasteiger partial charge in [0.25, 0.3) is 0 Å². The second-order valence-electron chi connectivity index (χ2n) is 6.32. The second kappa shape index (κ2) is 8.49. The molecule has 0 aliphatic carbocycles. The van der Waals surface area contributed by atoms with Crippen LogP contribution in [0.2, 0.25) is 0 Å². The SMILES string of the molecule is CCCCn1nc(OC)nc1Cc1ccc(-c2ccccc2C(=O)O)cc1. The van der Waals surface area contributed by atoms with Crippen LogP contribution in [-0.4, -0.2) is 33.0 Å². The van der Waals surface area contributed by atoms with E-state index < -0.39 is 5.97 Å². The number of benzene rings is 2. The second-order valence-corrected chi connectivity index (χ2v) is 6.32. The highest BCUT2D eigenvalue weighted by Gasteiger charge is 2.13. The minimum atomic E-state index is -0.925. The van der Waals surface area contributed by atoms with Gasteiger partial charge in [-0.1, -0.05) is 55.8 Å². The zero-order valence-electron chi connectivity index (χ0n) is 15.6. The molecule has 0 aliphatic heterocycles. The highest BCUT2D eigenvalue weighted by atomic mass is 16.5. The lowest BCUT2D eigenvalue weighted by Gasteiger charge is -2.08. The number of aromatic nitrogens is 3. The van der Waals surface area contributed by atoms with Gasteiger partial charge in [0.05, 0.1) is 12.7 Å². The van der Waals surface area contributed by atoms with Crippen molar-refractivity contribution in [2.75, 3.05) is 7.11 Å². The maximum Gasteiger partial charge on any atom is 0.336 e. The van der Waals surface area contributed by atoms with E-state index in [9.17, 15) is 9.90 Å². The maximum absolute atomic E-state index is 11.4. The van der Waals surface area contributed by atoms with Gasteiger partial charge in [0.2, 0.25) is 0 Å². The van der Waals surface area contributed by atoms with Crippen LogP contribution in [0.4, 0.5) is 0 Å². The van der Waals surface area contributed by atoms with Crippen LogP contribution < -0.4 is 4.74 Å². The fourth-order valence-electron chi connectivity index (χ4n) is 2.96. The molecule has 27 heavy (non-hydrogen) atoms. The smallest absolute Gasteiger partial charge is 0.336 e. The molecule has 0 unspecified atom stereocenters. The maximum atomic E-state index is 11.4. The first-order valence-corrected chi connectivity index (χ1v) is 9.01. The fourth-order valence-corrected chi connectivity index (χ4v) is 2.96. The zero-order valence-corrected chi connectivity index (χ0v) is 15.6. The third-order valence-electron chi connectivity index (χ3n) is 4.42. The van der Waals surface area contributed by atoms with E-state index in [4.69, 9.17) is 4.74 Å². The Labute approximate surface area is 158 Å². The molecule has 0 fully saturated rings.